The minimum absolute atomic E-state index is 0.371. The Kier molecular flexibility index (Phi) is 4.47. The van der Waals surface area contributed by atoms with E-state index in [0.717, 1.165) is 25.1 Å². The minimum Gasteiger partial charge on any atom is -0.385 e. The Morgan fingerprint density at radius 3 is 2.37 bits per heavy atom. The van der Waals surface area contributed by atoms with Crippen LogP contribution in [0.5, 0.6) is 0 Å². The van der Waals surface area contributed by atoms with E-state index in [1.807, 2.05) is 19.1 Å². The average molecular weight is 282 g/mol. The molecule has 1 aromatic rings. The van der Waals surface area contributed by atoms with Crippen molar-refractivity contribution in [2.75, 3.05) is 25.5 Å². The fourth-order valence-electron chi connectivity index (χ4n) is 2.27. The van der Waals surface area contributed by atoms with Gasteiger partial charge in [0.1, 0.15) is 0 Å². The van der Waals surface area contributed by atoms with E-state index in [1.54, 1.807) is 19.2 Å². The number of nitrogens with one attached hydrogen (secondary N) is 1. The van der Waals surface area contributed by atoms with Crippen LogP contribution in [0, 0.1) is 5.92 Å². The van der Waals surface area contributed by atoms with Crippen molar-refractivity contribution in [2.45, 2.75) is 31.1 Å². The van der Waals surface area contributed by atoms with Crippen LogP contribution in [0.2, 0.25) is 0 Å². The fourth-order valence-corrected chi connectivity index (χ4v) is 3.51. The first-order chi connectivity index (χ1) is 9.04. The van der Waals surface area contributed by atoms with Crippen LogP contribution in [-0.4, -0.2) is 32.9 Å². The molecule has 1 aliphatic rings. The molecule has 0 spiro atoms. The van der Waals surface area contributed by atoms with Gasteiger partial charge in [0, 0.05) is 25.8 Å². The quantitative estimate of drug-likeness (QED) is 0.872. The lowest BCUT2D eigenvalue weighted by Gasteiger charge is -2.29. The van der Waals surface area contributed by atoms with Gasteiger partial charge in [-0.3, -0.25) is 0 Å². The van der Waals surface area contributed by atoms with Gasteiger partial charge in [0.15, 0.2) is 0 Å². The molecule has 106 valence electrons. The molecular formula is C14H22N2O2S. The summed E-state index contributed by atoms with van der Waals surface area (Å²) >= 11 is 0. The zero-order valence-corrected chi connectivity index (χ0v) is 12.4. The maximum Gasteiger partial charge on any atom is 0.242 e. The van der Waals surface area contributed by atoms with Gasteiger partial charge in [-0.25, -0.2) is 12.7 Å². The Morgan fingerprint density at radius 2 is 1.89 bits per heavy atom. The lowest BCUT2D eigenvalue weighted by atomic mass is 9.86. The van der Waals surface area contributed by atoms with Crippen LogP contribution in [-0.2, 0) is 10.0 Å². The SMILES string of the molecule is CCNc1ccc(S(=O)(=O)N(C)CC2CCC2)cc1. The van der Waals surface area contributed by atoms with Gasteiger partial charge in [-0.1, -0.05) is 6.42 Å². The molecule has 4 nitrogen and oxygen atoms in total. The summed E-state index contributed by atoms with van der Waals surface area (Å²) in [6, 6.07) is 6.97. The molecule has 0 amide bonds. The fraction of sp³-hybridized carbons (Fsp3) is 0.571. The van der Waals surface area contributed by atoms with E-state index >= 15 is 0 Å². The highest BCUT2D eigenvalue weighted by molar-refractivity contribution is 7.89. The number of hydrogen-bond donors (Lipinski definition) is 1. The summed E-state index contributed by atoms with van der Waals surface area (Å²) in [5, 5.41) is 3.16. The predicted molar refractivity (Wildman–Crippen MR) is 77.8 cm³/mol. The third-order valence-corrected chi connectivity index (χ3v) is 5.52. The molecule has 0 radical (unpaired) electrons. The molecule has 0 aliphatic heterocycles. The molecule has 1 aromatic carbocycles. The number of rotatable bonds is 6. The summed E-state index contributed by atoms with van der Waals surface area (Å²) in [6.07, 6.45) is 3.54. The highest BCUT2D eigenvalue weighted by atomic mass is 32.2. The van der Waals surface area contributed by atoms with E-state index in [9.17, 15) is 8.42 Å². The molecule has 19 heavy (non-hydrogen) atoms. The van der Waals surface area contributed by atoms with Crippen LogP contribution in [0.4, 0.5) is 5.69 Å². The molecule has 2 rings (SSSR count). The zero-order valence-electron chi connectivity index (χ0n) is 11.6. The molecule has 0 aromatic heterocycles. The normalized spacial score (nSPS) is 16.4. The first-order valence-corrected chi connectivity index (χ1v) is 8.28. The summed E-state index contributed by atoms with van der Waals surface area (Å²) in [4.78, 5) is 0.371. The standard InChI is InChI=1S/C14H22N2O2S/c1-3-15-13-7-9-14(10-8-13)19(17,18)16(2)11-12-5-4-6-12/h7-10,12,15H,3-6,11H2,1-2H3. The second kappa shape index (κ2) is 5.92. The third kappa shape index (κ3) is 3.28. The van der Waals surface area contributed by atoms with Gasteiger partial charge in [-0.2, -0.15) is 0 Å². The first kappa shape index (κ1) is 14.3. The first-order valence-electron chi connectivity index (χ1n) is 6.84. The van der Waals surface area contributed by atoms with Crippen molar-refractivity contribution in [3.63, 3.8) is 0 Å². The lowest BCUT2D eigenvalue weighted by molar-refractivity contribution is 0.263. The van der Waals surface area contributed by atoms with Crippen molar-refractivity contribution in [1.29, 1.82) is 0 Å². The molecule has 1 aliphatic carbocycles. The predicted octanol–water partition coefficient (Wildman–Crippen LogP) is 2.54. The molecular weight excluding hydrogens is 260 g/mol. The number of nitrogens with zero attached hydrogens (tertiary/aromatic N) is 1. The Balaban J connectivity index is 2.08. The van der Waals surface area contributed by atoms with Crippen LogP contribution < -0.4 is 5.32 Å². The third-order valence-electron chi connectivity index (χ3n) is 3.68. The molecule has 0 atom stereocenters. The Labute approximate surface area is 115 Å². The summed E-state index contributed by atoms with van der Waals surface area (Å²) in [7, 11) is -1.66. The van der Waals surface area contributed by atoms with E-state index < -0.39 is 10.0 Å². The van der Waals surface area contributed by atoms with Crippen molar-refractivity contribution in [3.8, 4) is 0 Å². The van der Waals surface area contributed by atoms with E-state index in [1.165, 1.54) is 10.7 Å². The van der Waals surface area contributed by atoms with Crippen molar-refractivity contribution >= 4 is 15.7 Å². The van der Waals surface area contributed by atoms with Crippen LogP contribution in [0.25, 0.3) is 0 Å². The number of anilines is 1. The van der Waals surface area contributed by atoms with E-state index in [2.05, 4.69) is 5.32 Å². The van der Waals surface area contributed by atoms with Crippen molar-refractivity contribution < 1.29 is 8.42 Å². The Morgan fingerprint density at radius 1 is 1.26 bits per heavy atom. The summed E-state index contributed by atoms with van der Waals surface area (Å²) < 4.78 is 26.2. The molecule has 1 saturated carbocycles. The Bertz CT molecular complexity index is 507. The van der Waals surface area contributed by atoms with Crippen LogP contribution in [0.3, 0.4) is 0 Å². The van der Waals surface area contributed by atoms with Gasteiger partial charge in [0.2, 0.25) is 10.0 Å². The van der Waals surface area contributed by atoms with Crippen LogP contribution in [0.1, 0.15) is 26.2 Å². The molecule has 0 unspecified atom stereocenters. The monoisotopic (exact) mass is 282 g/mol. The molecule has 0 saturated heterocycles. The van der Waals surface area contributed by atoms with Crippen molar-refractivity contribution in [1.82, 2.24) is 4.31 Å². The van der Waals surface area contributed by atoms with Crippen LogP contribution in [0.15, 0.2) is 29.2 Å². The zero-order chi connectivity index (χ0) is 13.9. The van der Waals surface area contributed by atoms with Gasteiger partial charge < -0.3 is 5.32 Å². The minimum atomic E-state index is -3.34. The highest BCUT2D eigenvalue weighted by Crippen LogP contribution is 2.28. The second-order valence-electron chi connectivity index (χ2n) is 5.14. The highest BCUT2D eigenvalue weighted by Gasteiger charge is 2.26. The summed E-state index contributed by atoms with van der Waals surface area (Å²) in [6.45, 7) is 3.47. The van der Waals surface area contributed by atoms with Gasteiger partial charge in [-0.15, -0.1) is 0 Å². The van der Waals surface area contributed by atoms with Crippen molar-refractivity contribution in [3.05, 3.63) is 24.3 Å². The molecule has 1 N–H and O–H groups in total. The molecule has 1 fully saturated rings. The molecule has 0 bridgehead atoms. The van der Waals surface area contributed by atoms with E-state index in [-0.39, 0.29) is 0 Å². The molecule has 5 heteroatoms. The number of benzene rings is 1. The maximum absolute atomic E-state index is 12.4. The largest absolute Gasteiger partial charge is 0.385 e. The van der Waals surface area contributed by atoms with Gasteiger partial charge in [0.05, 0.1) is 4.90 Å². The number of hydrogen-bond acceptors (Lipinski definition) is 3. The lowest BCUT2D eigenvalue weighted by Crippen LogP contribution is -2.34. The van der Waals surface area contributed by atoms with Gasteiger partial charge in [-0.05, 0) is 49.9 Å². The topological polar surface area (TPSA) is 49.4 Å². The maximum atomic E-state index is 12.4. The summed E-state index contributed by atoms with van der Waals surface area (Å²) in [5.41, 5.74) is 0.947. The van der Waals surface area contributed by atoms with Gasteiger partial charge >= 0.3 is 0 Å². The van der Waals surface area contributed by atoms with E-state index in [0.29, 0.717) is 17.4 Å². The number of sulfonamides is 1. The smallest absolute Gasteiger partial charge is 0.242 e. The van der Waals surface area contributed by atoms with Crippen LogP contribution >= 0.6 is 0 Å². The summed E-state index contributed by atoms with van der Waals surface area (Å²) in [5.74, 6) is 0.542. The Hall–Kier alpha value is -1.07. The molecule has 0 heterocycles. The van der Waals surface area contributed by atoms with Crippen molar-refractivity contribution in [2.24, 2.45) is 5.92 Å². The van der Waals surface area contributed by atoms with E-state index in [4.69, 9.17) is 0 Å². The van der Waals surface area contributed by atoms with Gasteiger partial charge in [0.25, 0.3) is 0 Å². The second-order valence-corrected chi connectivity index (χ2v) is 7.18. The average Bonchev–Trinajstić information content (AvgIpc) is 2.34.